The summed E-state index contributed by atoms with van der Waals surface area (Å²) in [6.07, 6.45) is 21.0. The van der Waals surface area contributed by atoms with Crippen molar-refractivity contribution in [3.05, 3.63) is 180 Å². The van der Waals surface area contributed by atoms with Crippen molar-refractivity contribution in [2.45, 2.75) is 141 Å². The summed E-state index contributed by atoms with van der Waals surface area (Å²) in [6, 6.07) is 42.6. The van der Waals surface area contributed by atoms with E-state index in [1.165, 1.54) is 37.8 Å². The minimum absolute atomic E-state index is 0.255. The number of rotatable bonds is 40. The van der Waals surface area contributed by atoms with Crippen molar-refractivity contribution < 1.29 is 57.8 Å². The Hall–Kier alpha value is -8.52. The summed E-state index contributed by atoms with van der Waals surface area (Å²) in [5.74, 6) is -0.125. The van der Waals surface area contributed by atoms with E-state index in [0.29, 0.717) is 110 Å². The third-order valence-electron chi connectivity index (χ3n) is 15.2. The van der Waals surface area contributed by atoms with Crippen LogP contribution in [0.4, 0.5) is 11.4 Å². The van der Waals surface area contributed by atoms with Gasteiger partial charge in [-0.3, -0.25) is 9.59 Å². The summed E-state index contributed by atoms with van der Waals surface area (Å²) >= 11 is 0. The molecule has 0 atom stereocenters. The molecule has 0 saturated heterocycles. The van der Waals surface area contributed by atoms with E-state index in [9.17, 15) is 29.4 Å². The van der Waals surface area contributed by atoms with Gasteiger partial charge in [-0.15, -0.1) is 0 Å². The van der Waals surface area contributed by atoms with Gasteiger partial charge in [0.2, 0.25) is 0 Å². The lowest BCUT2D eigenvalue weighted by Gasteiger charge is -2.47. The van der Waals surface area contributed by atoms with Gasteiger partial charge in [0.25, 0.3) is 0 Å². The summed E-state index contributed by atoms with van der Waals surface area (Å²) in [4.78, 5) is 53.0. The standard InChI is InChI=1S/C71H86N2O12/c1-3-5-7-15-49-82-62-37-41-64(42-38-62)84-66(74)45-25-54-21-33-60(34-22-54)80-51-17-11-9-13-47-70(57-27-31-59(73)32-28-57,71(68(76)77,69(78)79)53-56-19-29-58(72)30-20-56)48-14-10-12-18-52-81-61-35-23-55(24-36-61)26-46-67(75)85-65-43-39-63(40-44-65)83-50-16-8-6-4-2/h19-46H,3-18,47-53,72-73H2,1-2H3,(H,76,77)(H,78,79). The Morgan fingerprint density at radius 1 is 0.400 bits per heavy atom. The maximum atomic E-state index is 13.9. The number of benzene rings is 6. The van der Waals surface area contributed by atoms with Crippen molar-refractivity contribution in [2.24, 2.45) is 5.41 Å². The molecule has 6 rings (SSSR count). The molecule has 0 saturated carbocycles. The van der Waals surface area contributed by atoms with Crippen LogP contribution in [0.15, 0.2) is 158 Å². The van der Waals surface area contributed by atoms with E-state index in [0.717, 1.165) is 74.0 Å². The van der Waals surface area contributed by atoms with Crippen LogP contribution in [0.1, 0.15) is 152 Å². The van der Waals surface area contributed by atoms with Crippen LogP contribution in [-0.2, 0) is 31.0 Å². The maximum Gasteiger partial charge on any atom is 0.336 e. The molecule has 0 amide bonds. The second kappa shape index (κ2) is 35.6. The van der Waals surface area contributed by atoms with Gasteiger partial charge in [-0.25, -0.2) is 9.59 Å². The molecule has 0 spiro atoms. The lowest BCUT2D eigenvalue weighted by molar-refractivity contribution is -0.172. The van der Waals surface area contributed by atoms with Crippen LogP contribution in [-0.4, -0.2) is 60.5 Å². The summed E-state index contributed by atoms with van der Waals surface area (Å²) < 4.78 is 34.7. The zero-order valence-corrected chi connectivity index (χ0v) is 49.6. The average Bonchev–Trinajstić information content (AvgIpc) is 1.13. The molecule has 14 heteroatoms. The SMILES string of the molecule is CCCCCCOc1ccc(OC(=O)C=Cc2ccc(OCCCCCCC(CCCCCCOc3ccc(C=CC(=O)Oc4ccc(OCCCCCC)cc4)cc3)(c3ccc(N)cc3)C(Cc3ccc(N)cc3)(C(=O)O)C(=O)O)cc2)cc1. The molecule has 14 nitrogen and oxygen atoms in total. The number of esters is 2. The quantitative estimate of drug-likeness (QED) is 0.00703. The van der Waals surface area contributed by atoms with E-state index in [1.54, 1.807) is 109 Å². The van der Waals surface area contributed by atoms with Gasteiger partial charge >= 0.3 is 23.9 Å². The van der Waals surface area contributed by atoms with Gasteiger partial charge in [0, 0.05) is 35.4 Å². The van der Waals surface area contributed by atoms with Crippen LogP contribution in [0.5, 0.6) is 34.5 Å². The summed E-state index contributed by atoms with van der Waals surface area (Å²) in [7, 11) is 0. The fourth-order valence-electron chi connectivity index (χ4n) is 10.4. The number of carbonyl (C=O) groups is 4. The molecule has 0 fully saturated rings. The van der Waals surface area contributed by atoms with E-state index in [4.69, 9.17) is 39.9 Å². The Morgan fingerprint density at radius 2 is 0.718 bits per heavy atom. The molecule has 0 aromatic heterocycles. The van der Waals surface area contributed by atoms with Crippen molar-refractivity contribution in [3.63, 3.8) is 0 Å². The molecule has 0 aliphatic heterocycles. The lowest BCUT2D eigenvalue weighted by atomic mass is 9.53. The van der Waals surface area contributed by atoms with Crippen molar-refractivity contribution in [1.29, 1.82) is 0 Å². The zero-order valence-electron chi connectivity index (χ0n) is 49.6. The number of ether oxygens (including phenoxy) is 6. The van der Waals surface area contributed by atoms with Crippen LogP contribution < -0.4 is 39.9 Å². The predicted molar refractivity (Wildman–Crippen MR) is 336 cm³/mol. The fraction of sp³-hybridized carbons (Fsp3) is 0.380. The molecular weight excluding hydrogens is 1070 g/mol. The highest BCUT2D eigenvalue weighted by Crippen LogP contribution is 2.52. The molecule has 0 radical (unpaired) electrons. The number of aliphatic carboxylic acids is 2. The molecule has 0 heterocycles. The second-order valence-corrected chi connectivity index (χ2v) is 21.6. The number of nitrogen functional groups attached to an aromatic ring is 2. The first-order valence-corrected chi connectivity index (χ1v) is 30.2. The Bertz CT molecular complexity index is 2840. The molecule has 6 aromatic carbocycles. The van der Waals surface area contributed by atoms with Crippen LogP contribution in [0.25, 0.3) is 12.2 Å². The molecule has 85 heavy (non-hydrogen) atoms. The number of hydrogen-bond donors (Lipinski definition) is 4. The molecule has 0 unspecified atom stereocenters. The molecule has 452 valence electrons. The number of nitrogens with two attached hydrogens (primary N) is 2. The number of hydrogen-bond acceptors (Lipinski definition) is 12. The minimum Gasteiger partial charge on any atom is -0.494 e. The summed E-state index contributed by atoms with van der Waals surface area (Å²) in [6.45, 7) is 6.54. The van der Waals surface area contributed by atoms with Gasteiger partial charge in [0.15, 0.2) is 5.41 Å². The smallest absolute Gasteiger partial charge is 0.336 e. The van der Waals surface area contributed by atoms with Crippen molar-refractivity contribution >= 4 is 47.4 Å². The number of anilines is 2. The van der Waals surface area contributed by atoms with Crippen LogP contribution >= 0.6 is 0 Å². The van der Waals surface area contributed by atoms with Gasteiger partial charge in [-0.05, 0) is 170 Å². The summed E-state index contributed by atoms with van der Waals surface area (Å²) in [5, 5.41) is 22.7. The Morgan fingerprint density at radius 3 is 1.07 bits per heavy atom. The highest BCUT2D eigenvalue weighted by Gasteiger charge is 2.62. The number of unbranched alkanes of at least 4 members (excludes halogenated alkanes) is 12. The predicted octanol–water partition coefficient (Wildman–Crippen LogP) is 15.7. The van der Waals surface area contributed by atoms with Crippen LogP contribution in [0.3, 0.4) is 0 Å². The number of carbonyl (C=O) groups excluding carboxylic acids is 2. The van der Waals surface area contributed by atoms with Crippen molar-refractivity contribution in [1.82, 2.24) is 0 Å². The topological polar surface area (TPSA) is 216 Å². The monoisotopic (exact) mass is 1160 g/mol. The van der Waals surface area contributed by atoms with E-state index < -0.39 is 34.7 Å². The van der Waals surface area contributed by atoms with Crippen molar-refractivity contribution in [3.8, 4) is 34.5 Å². The summed E-state index contributed by atoms with van der Waals surface area (Å²) in [5.41, 5.74) is 12.4. The Labute approximate surface area is 502 Å². The first-order chi connectivity index (χ1) is 41.3. The molecule has 6 aromatic rings. The minimum atomic E-state index is -2.25. The highest BCUT2D eigenvalue weighted by atomic mass is 16.5. The Balaban J connectivity index is 1.00. The largest absolute Gasteiger partial charge is 0.494 e. The number of carboxylic acids is 2. The van der Waals surface area contributed by atoms with E-state index in [1.807, 2.05) is 48.5 Å². The molecule has 0 aliphatic rings. The second-order valence-electron chi connectivity index (χ2n) is 21.6. The van der Waals surface area contributed by atoms with Gasteiger partial charge in [-0.1, -0.05) is 139 Å². The average molecular weight is 1160 g/mol. The zero-order chi connectivity index (χ0) is 60.5. The Kier molecular flexibility index (Phi) is 27.5. The van der Waals surface area contributed by atoms with Gasteiger partial charge in [0.1, 0.15) is 34.5 Å². The lowest BCUT2D eigenvalue weighted by Crippen LogP contribution is -2.57. The third-order valence-corrected chi connectivity index (χ3v) is 15.2. The van der Waals surface area contributed by atoms with E-state index >= 15 is 0 Å². The normalized spacial score (nSPS) is 12.2. The van der Waals surface area contributed by atoms with Gasteiger partial charge in [-0.2, -0.15) is 0 Å². The van der Waals surface area contributed by atoms with Gasteiger partial charge in [0.05, 0.1) is 26.4 Å². The highest BCUT2D eigenvalue weighted by molar-refractivity contribution is 6.01. The third kappa shape index (κ3) is 21.6. The van der Waals surface area contributed by atoms with Crippen LogP contribution in [0.2, 0.25) is 0 Å². The van der Waals surface area contributed by atoms with E-state index in [2.05, 4.69) is 13.8 Å². The van der Waals surface area contributed by atoms with E-state index in [-0.39, 0.29) is 6.42 Å². The molecular formula is C71H86N2O12. The molecule has 0 aliphatic carbocycles. The first-order valence-electron chi connectivity index (χ1n) is 30.2. The fourth-order valence-corrected chi connectivity index (χ4v) is 10.4. The molecule has 0 bridgehead atoms. The molecule has 6 N–H and O–H groups in total. The maximum absolute atomic E-state index is 13.9. The van der Waals surface area contributed by atoms with Gasteiger partial charge < -0.3 is 50.1 Å². The van der Waals surface area contributed by atoms with Crippen molar-refractivity contribution in [2.75, 3.05) is 37.9 Å². The first kappa shape index (κ1) is 65.6. The van der Waals surface area contributed by atoms with Crippen LogP contribution in [0, 0.1) is 5.41 Å². The number of carboxylic acid groups (broad SMARTS) is 2.